The van der Waals surface area contributed by atoms with Crippen molar-refractivity contribution in [3.8, 4) is 0 Å². The summed E-state index contributed by atoms with van der Waals surface area (Å²) in [6.07, 6.45) is 4.48. The van der Waals surface area contributed by atoms with Crippen LogP contribution in [0.15, 0.2) is 17.9 Å². The molecule has 0 bridgehead atoms. The lowest BCUT2D eigenvalue weighted by molar-refractivity contribution is 0.357. The van der Waals surface area contributed by atoms with Crippen LogP contribution >= 0.6 is 0 Å². The second-order valence-electron chi connectivity index (χ2n) is 0.997. The molecule has 2 heteroatoms. The van der Waals surface area contributed by atoms with Crippen LogP contribution in [0.25, 0.3) is 0 Å². The number of rotatable bonds is 1. The highest BCUT2D eigenvalue weighted by atomic mass is 16.3. The summed E-state index contributed by atoms with van der Waals surface area (Å²) in [7, 11) is 0. The summed E-state index contributed by atoms with van der Waals surface area (Å²) in [6.45, 7) is 1.73. The second kappa shape index (κ2) is 3.28. The molecular formula is C5H7O2. The van der Waals surface area contributed by atoms with Gasteiger partial charge in [-0.15, -0.1) is 0 Å². The van der Waals surface area contributed by atoms with Crippen molar-refractivity contribution >= 4 is 0 Å². The zero-order valence-corrected chi connectivity index (χ0v) is 4.05. The lowest BCUT2D eigenvalue weighted by atomic mass is 10.5. The highest BCUT2D eigenvalue weighted by molar-refractivity contribution is 5.02. The summed E-state index contributed by atoms with van der Waals surface area (Å²) >= 11 is 0. The van der Waals surface area contributed by atoms with Gasteiger partial charge in [-0.25, -0.2) is 0 Å². The first-order valence-electron chi connectivity index (χ1n) is 1.90. The minimum absolute atomic E-state index is 0.248. The van der Waals surface area contributed by atoms with Crippen molar-refractivity contribution in [3.63, 3.8) is 0 Å². The van der Waals surface area contributed by atoms with E-state index in [9.17, 15) is 0 Å². The molecule has 7 heavy (non-hydrogen) atoms. The van der Waals surface area contributed by atoms with Gasteiger partial charge in [0.15, 0.2) is 5.76 Å². The Kier molecular flexibility index (Phi) is 2.85. The maximum absolute atomic E-state index is 8.33. The number of hydrogen-bond acceptors (Lipinski definition) is 2. The van der Waals surface area contributed by atoms with Crippen LogP contribution in [0.1, 0.15) is 6.92 Å². The standard InChI is InChI=1S/C5H7O2/c1-2-3-5(7)4-6/h2-3,6-7H,1H3. The Labute approximate surface area is 42.4 Å². The molecule has 0 heterocycles. The van der Waals surface area contributed by atoms with Crippen LogP contribution in [-0.4, -0.2) is 10.2 Å². The molecule has 0 aromatic heterocycles. The topological polar surface area (TPSA) is 40.5 Å². The summed E-state index contributed by atoms with van der Waals surface area (Å²) in [6, 6.07) is 0. The number of aliphatic hydroxyl groups excluding tert-OH is 2. The Morgan fingerprint density at radius 2 is 2.29 bits per heavy atom. The molecule has 0 fully saturated rings. The monoisotopic (exact) mass is 99.0 g/mol. The van der Waals surface area contributed by atoms with Gasteiger partial charge in [-0.1, -0.05) is 6.08 Å². The van der Waals surface area contributed by atoms with Gasteiger partial charge in [0.2, 0.25) is 6.26 Å². The minimum atomic E-state index is -0.248. The molecule has 0 rings (SSSR count). The number of hydrogen-bond donors (Lipinski definition) is 2. The van der Waals surface area contributed by atoms with Crippen LogP contribution in [-0.2, 0) is 0 Å². The van der Waals surface area contributed by atoms with E-state index in [0.29, 0.717) is 0 Å². The Balaban J connectivity index is 3.58. The van der Waals surface area contributed by atoms with E-state index >= 15 is 0 Å². The molecule has 0 saturated heterocycles. The van der Waals surface area contributed by atoms with E-state index in [1.165, 1.54) is 6.08 Å². The summed E-state index contributed by atoms with van der Waals surface area (Å²) in [5.41, 5.74) is 0. The van der Waals surface area contributed by atoms with Crippen LogP contribution < -0.4 is 0 Å². The van der Waals surface area contributed by atoms with Gasteiger partial charge in [0.25, 0.3) is 0 Å². The van der Waals surface area contributed by atoms with Crippen molar-refractivity contribution in [3.05, 3.63) is 24.2 Å². The van der Waals surface area contributed by atoms with Crippen molar-refractivity contribution in [2.75, 3.05) is 0 Å². The highest BCUT2D eigenvalue weighted by Crippen LogP contribution is 1.84. The van der Waals surface area contributed by atoms with E-state index in [1.807, 2.05) is 0 Å². The van der Waals surface area contributed by atoms with Crippen molar-refractivity contribution in [1.82, 2.24) is 0 Å². The van der Waals surface area contributed by atoms with Gasteiger partial charge in [-0.05, 0) is 13.0 Å². The normalized spacial score (nSPS) is 13.0. The Morgan fingerprint density at radius 1 is 1.71 bits per heavy atom. The van der Waals surface area contributed by atoms with Crippen LogP contribution in [0, 0.1) is 6.26 Å². The molecule has 0 saturated carbocycles. The molecule has 0 aromatic rings. The van der Waals surface area contributed by atoms with E-state index in [4.69, 9.17) is 10.2 Å². The largest absolute Gasteiger partial charge is 0.504 e. The summed E-state index contributed by atoms with van der Waals surface area (Å²) in [4.78, 5) is 0. The SMILES string of the molecule is CC=C/C(O)=[C]/O. The molecule has 0 aliphatic rings. The number of aliphatic hydroxyl groups is 2. The first-order valence-corrected chi connectivity index (χ1v) is 1.90. The molecule has 0 spiro atoms. The van der Waals surface area contributed by atoms with Crippen molar-refractivity contribution in [1.29, 1.82) is 0 Å². The predicted molar refractivity (Wildman–Crippen MR) is 26.8 cm³/mol. The van der Waals surface area contributed by atoms with E-state index in [1.54, 1.807) is 19.3 Å². The van der Waals surface area contributed by atoms with Crippen LogP contribution in [0.5, 0.6) is 0 Å². The average molecular weight is 99.1 g/mol. The van der Waals surface area contributed by atoms with Crippen molar-refractivity contribution in [2.45, 2.75) is 6.92 Å². The Morgan fingerprint density at radius 3 is 2.43 bits per heavy atom. The molecule has 39 valence electrons. The van der Waals surface area contributed by atoms with E-state index in [0.717, 1.165) is 0 Å². The maximum Gasteiger partial charge on any atom is 0.204 e. The molecule has 1 radical (unpaired) electrons. The summed E-state index contributed by atoms with van der Waals surface area (Å²) < 4.78 is 0. The molecule has 2 nitrogen and oxygen atoms in total. The van der Waals surface area contributed by atoms with Crippen LogP contribution in [0.2, 0.25) is 0 Å². The second-order valence-corrected chi connectivity index (χ2v) is 0.997. The number of allylic oxidation sites excluding steroid dienone is 2. The molecule has 0 atom stereocenters. The smallest absolute Gasteiger partial charge is 0.204 e. The van der Waals surface area contributed by atoms with Crippen molar-refractivity contribution < 1.29 is 10.2 Å². The molecule has 0 unspecified atom stereocenters. The Bertz CT molecular complexity index is 92.3. The van der Waals surface area contributed by atoms with Gasteiger partial charge in [0, 0.05) is 0 Å². The lowest BCUT2D eigenvalue weighted by Crippen LogP contribution is -1.70. The molecule has 0 aliphatic heterocycles. The van der Waals surface area contributed by atoms with Gasteiger partial charge >= 0.3 is 0 Å². The minimum Gasteiger partial charge on any atom is -0.504 e. The van der Waals surface area contributed by atoms with Crippen LogP contribution in [0.3, 0.4) is 0 Å². The summed E-state index contributed by atoms with van der Waals surface area (Å²) in [5.74, 6) is -0.248. The fourth-order valence-electron chi connectivity index (χ4n) is 0.195. The zero-order valence-electron chi connectivity index (χ0n) is 4.05. The fourth-order valence-corrected chi connectivity index (χ4v) is 0.195. The van der Waals surface area contributed by atoms with Gasteiger partial charge in [0.1, 0.15) is 0 Å². The Hall–Kier alpha value is -0.920. The molecule has 2 N–H and O–H groups in total. The predicted octanol–water partition coefficient (Wildman–Crippen LogP) is 1.32. The lowest BCUT2D eigenvalue weighted by Gasteiger charge is -1.79. The third-order valence-electron chi connectivity index (χ3n) is 0.439. The third-order valence-corrected chi connectivity index (χ3v) is 0.439. The van der Waals surface area contributed by atoms with Gasteiger partial charge < -0.3 is 10.2 Å². The van der Waals surface area contributed by atoms with Crippen molar-refractivity contribution in [2.24, 2.45) is 0 Å². The third kappa shape index (κ3) is 2.89. The zero-order chi connectivity index (χ0) is 5.70. The first kappa shape index (κ1) is 6.08. The van der Waals surface area contributed by atoms with Gasteiger partial charge in [-0.2, -0.15) is 0 Å². The van der Waals surface area contributed by atoms with E-state index in [-0.39, 0.29) is 5.76 Å². The molecular weight excluding hydrogens is 92.1 g/mol. The molecule has 0 aliphatic carbocycles. The van der Waals surface area contributed by atoms with Crippen LogP contribution in [0.4, 0.5) is 0 Å². The first-order chi connectivity index (χ1) is 3.31. The van der Waals surface area contributed by atoms with Gasteiger partial charge in [0.05, 0.1) is 0 Å². The quantitative estimate of drug-likeness (QED) is 0.384. The van der Waals surface area contributed by atoms with Gasteiger partial charge in [-0.3, -0.25) is 0 Å². The fraction of sp³-hybridized carbons (Fsp3) is 0.200. The molecule has 0 amide bonds. The average Bonchev–Trinajstić information content (AvgIpc) is 1.68. The molecule has 0 aromatic carbocycles. The highest BCUT2D eigenvalue weighted by Gasteiger charge is 1.77. The maximum atomic E-state index is 8.33. The van der Waals surface area contributed by atoms with E-state index < -0.39 is 0 Å². The van der Waals surface area contributed by atoms with E-state index in [2.05, 4.69) is 0 Å². The summed E-state index contributed by atoms with van der Waals surface area (Å²) in [5, 5.41) is 16.2.